The predicted octanol–water partition coefficient (Wildman–Crippen LogP) is 10.3. The molecular weight excluding hydrogens is 1240 g/mol. The largest absolute Gasteiger partial charge is 0.448 e. The van der Waals surface area contributed by atoms with E-state index in [1.165, 1.54) is 68.7 Å². The number of hydrogen-bond donors (Lipinski definition) is 2. The number of thiazole rings is 1. The molecule has 0 spiro atoms. The SMILES string of the molecule is Cc1cc(=O)n2nc(SCC3=C(C(=O)OC(c4ccccc4)c4ccccc4)N4C(=O)[C@@H](NC(=O)C(=NOC(=O)c5cc(OC(=O)CCl)c(OC(=O)CCl)cc5C)c5csc(NC(c6ccccc6)(c6ccccc6)c6ccccc6)n5)[C@H]4SC3)sc2n1. The fourth-order valence-electron chi connectivity index (χ4n) is 9.91. The van der Waals surface area contributed by atoms with E-state index in [0.717, 1.165) is 34.1 Å². The third-order valence-electron chi connectivity index (χ3n) is 14.0. The molecule has 2 N–H and O–H groups in total. The van der Waals surface area contributed by atoms with E-state index in [0.29, 0.717) is 36.8 Å². The van der Waals surface area contributed by atoms with Gasteiger partial charge in [0, 0.05) is 28.6 Å². The number of carbonyl (C=O) groups is 6. The maximum atomic E-state index is 15.1. The maximum Gasteiger partial charge on any atom is 0.366 e. The van der Waals surface area contributed by atoms with Crippen molar-refractivity contribution in [3.05, 3.63) is 247 Å². The van der Waals surface area contributed by atoms with Crippen LogP contribution in [0.5, 0.6) is 11.5 Å². The number of anilines is 1. The van der Waals surface area contributed by atoms with Gasteiger partial charge in [0.25, 0.3) is 17.4 Å². The zero-order chi connectivity index (χ0) is 61.5. The Morgan fingerprint density at radius 2 is 1.30 bits per heavy atom. The fourth-order valence-corrected chi connectivity index (χ4v) is 14.2. The van der Waals surface area contributed by atoms with Crippen molar-refractivity contribution in [2.45, 2.75) is 41.2 Å². The van der Waals surface area contributed by atoms with Crippen LogP contribution in [-0.4, -0.2) is 101 Å². The highest BCUT2D eigenvalue weighted by molar-refractivity contribution is 8.02. The molecule has 2 atom stereocenters. The van der Waals surface area contributed by atoms with Crippen molar-refractivity contribution in [2.24, 2.45) is 5.16 Å². The molecule has 0 bridgehead atoms. The number of hydrogen-bond acceptors (Lipinski definition) is 20. The monoisotopic (exact) mass is 1290 g/mol. The van der Waals surface area contributed by atoms with Crippen LogP contribution < -0.4 is 25.7 Å². The van der Waals surface area contributed by atoms with Gasteiger partial charge in [-0.2, -0.15) is 4.52 Å². The summed E-state index contributed by atoms with van der Waals surface area (Å²) >= 11 is 16.3. The number of nitrogens with one attached hydrogen (secondary N) is 2. The molecule has 2 aliphatic rings. The lowest BCUT2D eigenvalue weighted by atomic mass is 9.77. The number of rotatable bonds is 21. The summed E-state index contributed by atoms with van der Waals surface area (Å²) in [4.78, 5) is 113. The molecule has 1 fully saturated rings. The molecule has 11 rings (SSSR count). The van der Waals surface area contributed by atoms with Gasteiger partial charge in [0.2, 0.25) is 4.96 Å². The molecule has 0 saturated carbocycles. The van der Waals surface area contributed by atoms with Gasteiger partial charge in [0.1, 0.15) is 40.1 Å². The Morgan fingerprint density at radius 1 is 0.739 bits per heavy atom. The normalized spacial score (nSPS) is 14.9. The van der Waals surface area contributed by atoms with Crippen molar-refractivity contribution in [3.63, 3.8) is 0 Å². The van der Waals surface area contributed by atoms with Gasteiger partial charge in [-0.25, -0.2) is 19.6 Å². The van der Waals surface area contributed by atoms with Gasteiger partial charge in [-0.05, 0) is 64.9 Å². The molecule has 0 unspecified atom stereocenters. The molecule has 19 nitrogen and oxygen atoms in total. The van der Waals surface area contributed by atoms with Gasteiger partial charge >= 0.3 is 23.9 Å². The van der Waals surface area contributed by atoms with E-state index in [9.17, 15) is 24.0 Å². The molecule has 0 aliphatic carbocycles. The number of aromatic nitrogens is 4. The predicted molar refractivity (Wildman–Crippen MR) is 336 cm³/mol. The number of benzene rings is 6. The first kappa shape index (κ1) is 60.7. The third kappa shape index (κ3) is 12.9. The van der Waals surface area contributed by atoms with E-state index in [1.807, 2.05) is 152 Å². The number of ether oxygens (including phenoxy) is 3. The molecule has 3 aromatic heterocycles. The van der Waals surface area contributed by atoms with Crippen LogP contribution in [-0.2, 0) is 39.1 Å². The van der Waals surface area contributed by atoms with Crippen LogP contribution in [0.25, 0.3) is 4.96 Å². The lowest BCUT2D eigenvalue weighted by molar-refractivity contribution is -0.154. The minimum absolute atomic E-state index is 0.0254. The van der Waals surface area contributed by atoms with E-state index in [-0.39, 0.29) is 51.1 Å². The molecule has 2 aliphatic heterocycles. The highest BCUT2D eigenvalue weighted by atomic mass is 35.5. The van der Waals surface area contributed by atoms with Crippen LogP contribution in [0.15, 0.2) is 201 Å². The molecule has 0 radical (unpaired) electrons. The molecule has 2 amide bonds. The Bertz CT molecular complexity index is 4120. The minimum atomic E-state index is -1.28. The molecule has 1 saturated heterocycles. The summed E-state index contributed by atoms with van der Waals surface area (Å²) in [5, 5.41) is 16.1. The molecule has 6 aromatic carbocycles. The van der Waals surface area contributed by atoms with E-state index in [2.05, 4.69) is 25.9 Å². The molecule has 25 heteroatoms. The number of oxime groups is 1. The minimum Gasteiger partial charge on any atom is -0.448 e. The zero-order valence-electron chi connectivity index (χ0n) is 46.4. The summed E-state index contributed by atoms with van der Waals surface area (Å²) in [6.07, 6.45) is -0.888. The number of halogens is 2. The van der Waals surface area contributed by atoms with Crippen LogP contribution in [0.1, 0.15) is 61.2 Å². The van der Waals surface area contributed by atoms with Crippen molar-refractivity contribution in [1.82, 2.24) is 29.8 Å². The second-order valence-corrected chi connectivity index (χ2v) is 24.3. The van der Waals surface area contributed by atoms with Crippen molar-refractivity contribution < 1.29 is 47.8 Å². The van der Waals surface area contributed by atoms with E-state index < -0.39 is 76.2 Å². The standard InChI is InChI=1S/C63H48Cl2N8O11S4/c1-36-28-46(81-49(75)31-64)47(82-50(76)32-65)30-44(36)58(79)84-71-51(45-35-86-60(67-45)69-63(41-22-12-5-13-23-41,42-24-14-6-15-25-42)43-26-16-7-17-27-43)55(77)68-52-56(78)72-53(59(80)83-54(38-18-8-3-9-19-38)39-20-10-4-11-21-39)40(33-85-57(52)72)34-87-62-70-73-48(74)29-37(2)66-61(73)88-62/h3-30,35,52,54,57H,31-34H2,1-2H3,(H,67,69)(H,68,77)/t52-,57-/m1/s1. The molecule has 5 heterocycles. The lowest BCUT2D eigenvalue weighted by Gasteiger charge is -2.49. The summed E-state index contributed by atoms with van der Waals surface area (Å²) in [5.74, 6) is -6.83. The Hall–Kier alpha value is -8.97. The average Bonchev–Trinajstić information content (AvgIpc) is 1.04. The van der Waals surface area contributed by atoms with Gasteiger partial charge < -0.3 is 29.7 Å². The van der Waals surface area contributed by atoms with Gasteiger partial charge in [-0.3, -0.25) is 28.9 Å². The van der Waals surface area contributed by atoms with E-state index in [4.69, 9.17) is 47.2 Å². The number of amides is 2. The highest BCUT2D eigenvalue weighted by Gasteiger charge is 2.55. The van der Waals surface area contributed by atoms with E-state index >= 15 is 9.59 Å². The topological polar surface area (TPSA) is 239 Å². The van der Waals surface area contributed by atoms with Gasteiger partial charge in [-0.1, -0.05) is 180 Å². The van der Waals surface area contributed by atoms with Crippen molar-refractivity contribution in [3.8, 4) is 11.5 Å². The van der Waals surface area contributed by atoms with Crippen molar-refractivity contribution >= 4 is 121 Å². The second-order valence-electron chi connectivity index (χ2n) is 19.7. The Morgan fingerprint density at radius 3 is 1.86 bits per heavy atom. The highest BCUT2D eigenvalue weighted by Crippen LogP contribution is 2.44. The van der Waals surface area contributed by atoms with E-state index in [1.54, 1.807) is 6.92 Å². The fraction of sp³-hybridized carbons (Fsp3) is 0.159. The van der Waals surface area contributed by atoms with Gasteiger partial charge in [-0.15, -0.1) is 51.4 Å². The average molecular weight is 1290 g/mol. The number of alkyl halides is 2. The zero-order valence-corrected chi connectivity index (χ0v) is 51.1. The number of β-lactam (4-membered cyclic amide) rings is 1. The Balaban J connectivity index is 0.944. The number of nitrogens with zero attached hydrogens (tertiary/aromatic N) is 6. The quantitative estimate of drug-likeness (QED) is 0.00782. The summed E-state index contributed by atoms with van der Waals surface area (Å²) in [6.45, 7) is 3.20. The first-order valence-electron chi connectivity index (χ1n) is 26.9. The second kappa shape index (κ2) is 27.0. The first-order chi connectivity index (χ1) is 42.7. The van der Waals surface area contributed by atoms with Crippen molar-refractivity contribution in [2.75, 3.05) is 28.6 Å². The third-order valence-corrected chi connectivity index (χ3v) is 18.6. The molecular formula is C63H48Cl2N8O11S4. The lowest BCUT2D eigenvalue weighted by Crippen LogP contribution is -2.71. The summed E-state index contributed by atoms with van der Waals surface area (Å²) in [6, 6.07) is 50.0. The van der Waals surface area contributed by atoms with Crippen molar-refractivity contribution in [1.29, 1.82) is 0 Å². The van der Waals surface area contributed by atoms with Crippen LogP contribution in [0.3, 0.4) is 0 Å². The maximum absolute atomic E-state index is 15.1. The number of esters is 3. The Kier molecular flexibility index (Phi) is 18.6. The summed E-state index contributed by atoms with van der Waals surface area (Å²) in [7, 11) is 0. The Labute approximate surface area is 528 Å². The number of fused-ring (bicyclic) bond motifs is 2. The molecule has 88 heavy (non-hydrogen) atoms. The number of thioether (sulfide) groups is 2. The van der Waals surface area contributed by atoms with Crippen LogP contribution in [0.2, 0.25) is 0 Å². The molecule has 444 valence electrons. The van der Waals surface area contributed by atoms with Crippen LogP contribution in [0, 0.1) is 13.8 Å². The first-order valence-corrected chi connectivity index (χ1v) is 31.7. The van der Waals surface area contributed by atoms with Crippen LogP contribution >= 0.6 is 69.4 Å². The number of carbonyl (C=O) groups excluding carboxylic acids is 6. The van der Waals surface area contributed by atoms with Gasteiger partial charge in [0.05, 0.1) is 5.56 Å². The van der Waals surface area contributed by atoms with Crippen LogP contribution in [0.4, 0.5) is 5.13 Å². The molecule has 9 aromatic rings. The summed E-state index contributed by atoms with van der Waals surface area (Å²) < 4.78 is 18.7. The number of aryl methyl sites for hydroxylation is 2. The summed E-state index contributed by atoms with van der Waals surface area (Å²) in [5.41, 5.74) is 2.89. The van der Waals surface area contributed by atoms with Gasteiger partial charge in [0.15, 0.2) is 32.8 Å². The smallest absolute Gasteiger partial charge is 0.366 e.